The van der Waals surface area contributed by atoms with Crippen LogP contribution >= 0.6 is 0 Å². The first-order valence-electron chi connectivity index (χ1n) is 8.49. The van der Waals surface area contributed by atoms with Crippen molar-refractivity contribution in [3.05, 3.63) is 62.5 Å². The predicted octanol–water partition coefficient (Wildman–Crippen LogP) is 1.88. The van der Waals surface area contributed by atoms with E-state index in [1.54, 1.807) is 18.7 Å². The number of nitrogens with zero attached hydrogens (tertiary/aromatic N) is 2. The molecular weight excluding hydrogens is 368 g/mol. The molecule has 1 aromatic carbocycles. The number of aliphatic hydroxyl groups is 1. The number of allylic oxidation sites excluding steroid dienone is 2. The molecule has 0 bridgehead atoms. The van der Waals surface area contributed by atoms with Gasteiger partial charge in [-0.1, -0.05) is 12.1 Å². The fraction of sp³-hybridized carbons (Fsp3) is 0.368. The number of aliphatic hydroxyl groups excluding tert-OH is 1. The van der Waals surface area contributed by atoms with Crippen molar-refractivity contribution < 1.29 is 29.1 Å². The van der Waals surface area contributed by atoms with Crippen LogP contribution in [0.2, 0.25) is 0 Å². The zero-order valence-electron chi connectivity index (χ0n) is 16.1. The van der Waals surface area contributed by atoms with Crippen LogP contribution < -0.4 is 0 Å². The average Bonchev–Trinajstić information content (AvgIpc) is 2.69. The number of ether oxygens (including phenoxy) is 2. The van der Waals surface area contributed by atoms with Crippen molar-refractivity contribution in [3.8, 4) is 0 Å². The second-order valence-electron chi connectivity index (χ2n) is 6.14. The molecule has 1 aliphatic rings. The molecule has 0 atom stereocenters. The molecular formula is C19H22N2O7. The molecule has 150 valence electrons. The summed E-state index contributed by atoms with van der Waals surface area (Å²) in [6.07, 6.45) is 0. The molecule has 0 unspecified atom stereocenters. The summed E-state index contributed by atoms with van der Waals surface area (Å²) in [5.74, 6) is -2.11. The van der Waals surface area contributed by atoms with Gasteiger partial charge in [0.1, 0.15) is 0 Å². The molecule has 1 aliphatic heterocycles. The Bertz CT molecular complexity index is 816. The van der Waals surface area contributed by atoms with Crippen LogP contribution in [0.1, 0.15) is 25.3 Å². The Kier molecular flexibility index (Phi) is 6.53. The minimum Gasteiger partial charge on any atom is -0.466 e. The zero-order chi connectivity index (χ0) is 21.0. The van der Waals surface area contributed by atoms with Gasteiger partial charge in [-0.3, -0.25) is 10.1 Å². The van der Waals surface area contributed by atoms with Crippen LogP contribution in [0.5, 0.6) is 0 Å². The number of β-amino-alcohol motifs (C(OH)–C–C–N with tert-alkyl or cyclic N) is 1. The number of hydrogen-bond acceptors (Lipinski definition) is 8. The summed E-state index contributed by atoms with van der Waals surface area (Å²) in [7, 11) is 2.46. The molecule has 0 aromatic heterocycles. The Morgan fingerprint density at radius 2 is 1.54 bits per heavy atom. The first-order chi connectivity index (χ1) is 13.3. The van der Waals surface area contributed by atoms with Crippen LogP contribution in [-0.4, -0.2) is 54.2 Å². The molecule has 0 fully saturated rings. The fourth-order valence-electron chi connectivity index (χ4n) is 3.41. The lowest BCUT2D eigenvalue weighted by Gasteiger charge is -2.37. The first kappa shape index (κ1) is 21.1. The second kappa shape index (κ2) is 8.66. The zero-order valence-corrected chi connectivity index (χ0v) is 16.1. The van der Waals surface area contributed by atoms with E-state index in [2.05, 4.69) is 0 Å². The van der Waals surface area contributed by atoms with Crippen molar-refractivity contribution in [2.24, 2.45) is 0 Å². The summed E-state index contributed by atoms with van der Waals surface area (Å²) in [6.45, 7) is 3.36. The maximum atomic E-state index is 12.6. The smallest absolute Gasteiger partial charge is 0.336 e. The summed E-state index contributed by atoms with van der Waals surface area (Å²) in [5.41, 5.74) is 1.85. The molecule has 1 N–H and O–H groups in total. The van der Waals surface area contributed by atoms with Crippen molar-refractivity contribution >= 4 is 17.6 Å². The Morgan fingerprint density at radius 1 is 1.07 bits per heavy atom. The molecule has 1 aromatic rings. The number of esters is 2. The lowest BCUT2D eigenvalue weighted by atomic mass is 9.79. The maximum Gasteiger partial charge on any atom is 0.336 e. The van der Waals surface area contributed by atoms with Gasteiger partial charge in [0.2, 0.25) is 0 Å². The van der Waals surface area contributed by atoms with E-state index in [1.807, 2.05) is 0 Å². The third-order valence-electron chi connectivity index (χ3n) is 4.74. The molecule has 28 heavy (non-hydrogen) atoms. The van der Waals surface area contributed by atoms with Crippen molar-refractivity contribution in [2.45, 2.75) is 19.8 Å². The van der Waals surface area contributed by atoms with E-state index in [0.29, 0.717) is 17.0 Å². The quantitative estimate of drug-likeness (QED) is 0.444. The molecule has 0 radical (unpaired) electrons. The highest BCUT2D eigenvalue weighted by atomic mass is 16.6. The third-order valence-corrected chi connectivity index (χ3v) is 4.74. The van der Waals surface area contributed by atoms with E-state index in [9.17, 15) is 24.8 Å². The predicted molar refractivity (Wildman–Crippen MR) is 99.1 cm³/mol. The van der Waals surface area contributed by atoms with E-state index < -0.39 is 22.8 Å². The van der Waals surface area contributed by atoms with Gasteiger partial charge in [0, 0.05) is 30.1 Å². The highest BCUT2D eigenvalue weighted by Gasteiger charge is 2.40. The summed E-state index contributed by atoms with van der Waals surface area (Å²) < 4.78 is 9.86. The van der Waals surface area contributed by atoms with Gasteiger partial charge < -0.3 is 19.5 Å². The van der Waals surface area contributed by atoms with E-state index in [4.69, 9.17) is 9.47 Å². The standard InChI is InChI=1S/C19H22N2O7/c1-11-15(18(23)27-3)17(13-5-7-14(8-6-13)21(25)26)16(19(24)28-4)12(2)20(11)9-10-22/h5-8,17,22H,9-10H2,1-4H3. The number of methoxy groups -OCH3 is 2. The highest BCUT2D eigenvalue weighted by Crippen LogP contribution is 2.42. The van der Waals surface area contributed by atoms with Gasteiger partial charge in [-0.05, 0) is 19.4 Å². The molecule has 9 heteroatoms. The van der Waals surface area contributed by atoms with Crippen molar-refractivity contribution in [1.82, 2.24) is 4.90 Å². The monoisotopic (exact) mass is 390 g/mol. The van der Waals surface area contributed by atoms with Crippen molar-refractivity contribution in [3.63, 3.8) is 0 Å². The molecule has 0 spiro atoms. The van der Waals surface area contributed by atoms with Gasteiger partial charge in [0.25, 0.3) is 5.69 Å². The summed E-state index contributed by atoms with van der Waals surface area (Å²) in [6, 6.07) is 5.61. The molecule has 2 rings (SSSR count). The van der Waals surface area contributed by atoms with E-state index >= 15 is 0 Å². The number of nitro benzene ring substituents is 1. The Labute approximate surface area is 162 Å². The largest absolute Gasteiger partial charge is 0.466 e. The number of carbonyl (C=O) groups is 2. The van der Waals surface area contributed by atoms with Crippen LogP contribution in [0.15, 0.2) is 46.8 Å². The van der Waals surface area contributed by atoms with Crippen LogP contribution in [0, 0.1) is 10.1 Å². The number of hydrogen-bond donors (Lipinski definition) is 1. The summed E-state index contributed by atoms with van der Waals surface area (Å²) >= 11 is 0. The highest BCUT2D eigenvalue weighted by molar-refractivity contribution is 5.99. The molecule has 0 saturated carbocycles. The Morgan fingerprint density at radius 3 is 1.89 bits per heavy atom. The topological polar surface area (TPSA) is 119 Å². The van der Waals surface area contributed by atoms with Gasteiger partial charge in [-0.25, -0.2) is 9.59 Å². The lowest BCUT2D eigenvalue weighted by molar-refractivity contribution is -0.384. The minimum atomic E-state index is -0.823. The van der Waals surface area contributed by atoms with Crippen LogP contribution in [0.4, 0.5) is 5.69 Å². The van der Waals surface area contributed by atoms with E-state index in [0.717, 1.165) is 0 Å². The minimum absolute atomic E-state index is 0.109. The molecule has 1 heterocycles. The first-order valence-corrected chi connectivity index (χ1v) is 8.49. The van der Waals surface area contributed by atoms with Crippen molar-refractivity contribution in [1.29, 1.82) is 0 Å². The number of carbonyl (C=O) groups excluding carboxylic acids is 2. The Hall–Kier alpha value is -3.20. The normalized spacial score (nSPS) is 15.0. The molecule has 9 nitrogen and oxygen atoms in total. The van der Waals surface area contributed by atoms with Crippen LogP contribution in [0.25, 0.3) is 0 Å². The molecule has 0 amide bonds. The Balaban J connectivity index is 2.75. The van der Waals surface area contributed by atoms with Gasteiger partial charge in [-0.15, -0.1) is 0 Å². The molecule has 0 aliphatic carbocycles. The third kappa shape index (κ3) is 3.74. The number of nitro groups is 1. The maximum absolute atomic E-state index is 12.6. The number of benzene rings is 1. The van der Waals surface area contributed by atoms with Gasteiger partial charge >= 0.3 is 11.9 Å². The SMILES string of the molecule is COC(=O)C1=C(C)N(CCO)C(C)=C(C(=O)OC)C1c1ccc([N+](=O)[O-])cc1. The van der Waals surface area contributed by atoms with Gasteiger partial charge in [0.05, 0.1) is 42.8 Å². The number of non-ortho nitro benzene ring substituents is 1. The van der Waals surface area contributed by atoms with E-state index in [-0.39, 0.29) is 30.0 Å². The van der Waals surface area contributed by atoms with Gasteiger partial charge in [-0.2, -0.15) is 0 Å². The van der Waals surface area contributed by atoms with Gasteiger partial charge in [0.15, 0.2) is 0 Å². The van der Waals surface area contributed by atoms with E-state index in [1.165, 1.54) is 38.5 Å². The summed E-state index contributed by atoms with van der Waals surface area (Å²) in [5, 5.41) is 20.4. The second-order valence-corrected chi connectivity index (χ2v) is 6.14. The average molecular weight is 390 g/mol. The summed E-state index contributed by atoms with van der Waals surface area (Å²) in [4.78, 5) is 37.3. The van der Waals surface area contributed by atoms with Crippen LogP contribution in [0.3, 0.4) is 0 Å². The lowest BCUT2D eigenvalue weighted by Crippen LogP contribution is -2.36. The number of rotatable bonds is 6. The molecule has 0 saturated heterocycles. The fourth-order valence-corrected chi connectivity index (χ4v) is 3.41. The van der Waals surface area contributed by atoms with Crippen molar-refractivity contribution in [2.75, 3.05) is 27.4 Å². The van der Waals surface area contributed by atoms with Crippen LogP contribution in [-0.2, 0) is 19.1 Å².